The van der Waals surface area contributed by atoms with Gasteiger partial charge in [0.05, 0.1) is 0 Å². The van der Waals surface area contributed by atoms with Gasteiger partial charge in [-0.15, -0.1) is 11.3 Å². The number of carboxylic acid groups (broad SMARTS) is 2. The molecule has 1 amide bonds. The van der Waals surface area contributed by atoms with Gasteiger partial charge in [-0.1, -0.05) is 6.07 Å². The van der Waals surface area contributed by atoms with Crippen LogP contribution in [-0.2, 0) is 27.5 Å². The number of amides is 1. The van der Waals surface area contributed by atoms with Crippen molar-refractivity contribution in [1.82, 2.24) is 14.8 Å². The van der Waals surface area contributed by atoms with Crippen molar-refractivity contribution in [2.45, 2.75) is 56.8 Å². The topological polar surface area (TPSA) is 111 Å². The minimum Gasteiger partial charge on any atom is -0.475 e. The Labute approximate surface area is 211 Å². The number of aliphatic carboxylic acids is 2. The van der Waals surface area contributed by atoms with Crippen LogP contribution in [-0.4, -0.2) is 73.8 Å². The zero-order chi connectivity index (χ0) is 27.8. The van der Waals surface area contributed by atoms with Crippen LogP contribution in [0.5, 0.6) is 0 Å². The molecule has 2 aromatic rings. The van der Waals surface area contributed by atoms with Crippen molar-refractivity contribution in [1.29, 1.82) is 0 Å². The standard InChI is InChI=1S/C18H21N3OS.2C2HF3O2/c22-18-4-3-16-17(21(18)12-14-5-8-19-9-6-14)7-10-20(16)13-15-2-1-11-23-15;2*3-2(4,5)1(6)7/h1-2,5-6,8-9,11,16-17H,3-4,7,10,12-13H2;2*(H,6,7)/t16-,17-;;/m1../s1. The summed E-state index contributed by atoms with van der Waals surface area (Å²) in [4.78, 5) is 40.4. The Morgan fingerprint density at radius 2 is 1.51 bits per heavy atom. The average Bonchev–Trinajstić information content (AvgIpc) is 3.46. The lowest BCUT2D eigenvalue weighted by molar-refractivity contribution is -0.193. The maximum Gasteiger partial charge on any atom is 0.490 e. The van der Waals surface area contributed by atoms with Crippen LogP contribution < -0.4 is 0 Å². The van der Waals surface area contributed by atoms with Crippen molar-refractivity contribution in [2.24, 2.45) is 0 Å². The first-order chi connectivity index (χ1) is 17.2. The number of nitrogens with zero attached hydrogens (tertiary/aromatic N) is 3. The molecule has 0 unspecified atom stereocenters. The smallest absolute Gasteiger partial charge is 0.475 e. The zero-order valence-corrected chi connectivity index (χ0v) is 19.9. The first-order valence-electron chi connectivity index (χ1n) is 10.7. The van der Waals surface area contributed by atoms with E-state index in [1.165, 1.54) is 10.4 Å². The van der Waals surface area contributed by atoms with Gasteiger partial charge < -0.3 is 15.1 Å². The van der Waals surface area contributed by atoms with Gasteiger partial charge in [-0.2, -0.15) is 26.3 Å². The van der Waals surface area contributed by atoms with E-state index in [0.717, 1.165) is 32.5 Å². The second-order valence-corrected chi connectivity index (χ2v) is 9.03. The van der Waals surface area contributed by atoms with E-state index in [1.54, 1.807) is 12.4 Å². The first-order valence-corrected chi connectivity index (χ1v) is 11.6. The van der Waals surface area contributed by atoms with Crippen molar-refractivity contribution in [3.8, 4) is 0 Å². The molecule has 0 aliphatic carbocycles. The molecule has 4 heterocycles. The normalized spacial score (nSPS) is 19.7. The Morgan fingerprint density at radius 1 is 0.946 bits per heavy atom. The summed E-state index contributed by atoms with van der Waals surface area (Å²) in [5, 5.41) is 16.4. The van der Waals surface area contributed by atoms with Gasteiger partial charge in [0, 0.05) is 55.4 Å². The van der Waals surface area contributed by atoms with E-state index in [-0.39, 0.29) is 0 Å². The summed E-state index contributed by atoms with van der Waals surface area (Å²) in [6.45, 7) is 2.83. The van der Waals surface area contributed by atoms with E-state index >= 15 is 0 Å². The highest BCUT2D eigenvalue weighted by Gasteiger charge is 2.43. The third-order valence-corrected chi connectivity index (χ3v) is 6.39. The van der Waals surface area contributed by atoms with Crippen LogP contribution in [0.4, 0.5) is 26.3 Å². The van der Waals surface area contributed by atoms with E-state index in [1.807, 2.05) is 23.5 Å². The molecule has 0 saturated carbocycles. The average molecular weight is 555 g/mol. The van der Waals surface area contributed by atoms with Crippen LogP contribution >= 0.6 is 11.3 Å². The number of rotatable bonds is 4. The van der Waals surface area contributed by atoms with Crippen LogP contribution in [0.15, 0.2) is 42.0 Å². The molecule has 0 radical (unpaired) electrons. The fourth-order valence-corrected chi connectivity index (χ4v) is 4.66. The molecule has 0 bridgehead atoms. The van der Waals surface area contributed by atoms with E-state index in [2.05, 4.69) is 32.3 Å². The summed E-state index contributed by atoms with van der Waals surface area (Å²) < 4.78 is 63.5. The molecule has 2 aromatic heterocycles. The van der Waals surface area contributed by atoms with Gasteiger partial charge in [0.25, 0.3) is 0 Å². The highest BCUT2D eigenvalue weighted by Crippen LogP contribution is 2.33. The SMILES string of the molecule is O=C(O)C(F)(F)F.O=C(O)C(F)(F)F.O=C1CC[C@@H]2[C@@H](CCN2Cc2cccs2)N1Cc1ccncc1. The number of piperidine rings is 1. The third kappa shape index (κ3) is 9.31. The number of hydrogen-bond donors (Lipinski definition) is 2. The molecule has 0 aromatic carbocycles. The van der Waals surface area contributed by atoms with Gasteiger partial charge in [0.1, 0.15) is 0 Å². The molecule has 15 heteroatoms. The van der Waals surface area contributed by atoms with Crippen molar-refractivity contribution < 1.29 is 50.9 Å². The van der Waals surface area contributed by atoms with Crippen molar-refractivity contribution >= 4 is 29.2 Å². The van der Waals surface area contributed by atoms with Gasteiger partial charge >= 0.3 is 24.3 Å². The summed E-state index contributed by atoms with van der Waals surface area (Å²) in [5.74, 6) is -5.21. The lowest BCUT2D eigenvalue weighted by Crippen LogP contribution is -2.51. The monoisotopic (exact) mass is 555 g/mol. The Bertz CT molecular complexity index is 1010. The molecule has 8 nitrogen and oxygen atoms in total. The molecule has 204 valence electrons. The van der Waals surface area contributed by atoms with Crippen molar-refractivity contribution in [3.63, 3.8) is 0 Å². The molecule has 0 spiro atoms. The van der Waals surface area contributed by atoms with Crippen molar-refractivity contribution in [2.75, 3.05) is 6.54 Å². The number of hydrogen-bond acceptors (Lipinski definition) is 6. The molecule has 2 N–H and O–H groups in total. The molecular formula is C22H23F6N3O5S. The lowest BCUT2D eigenvalue weighted by Gasteiger charge is -2.40. The minimum absolute atomic E-state index is 0.307. The number of carbonyl (C=O) groups is 3. The molecule has 2 fully saturated rings. The summed E-state index contributed by atoms with van der Waals surface area (Å²) in [7, 11) is 0. The summed E-state index contributed by atoms with van der Waals surface area (Å²) in [6, 6.07) is 9.22. The Kier molecular flexibility index (Phi) is 10.4. The molecule has 2 atom stereocenters. The highest BCUT2D eigenvalue weighted by molar-refractivity contribution is 7.09. The Hall–Kier alpha value is -3.20. The van der Waals surface area contributed by atoms with Crippen LogP contribution in [0.1, 0.15) is 29.7 Å². The van der Waals surface area contributed by atoms with Crippen LogP contribution in [0.3, 0.4) is 0 Å². The number of likely N-dealkylation sites (tertiary alicyclic amines) is 2. The van der Waals surface area contributed by atoms with Crippen LogP contribution in [0, 0.1) is 0 Å². The molecule has 2 aliphatic rings. The van der Waals surface area contributed by atoms with Gasteiger partial charge in [-0.3, -0.25) is 14.7 Å². The van der Waals surface area contributed by atoms with E-state index in [9.17, 15) is 31.1 Å². The van der Waals surface area contributed by atoms with Gasteiger partial charge in [0.2, 0.25) is 5.91 Å². The van der Waals surface area contributed by atoms with Gasteiger partial charge in [0.15, 0.2) is 0 Å². The Morgan fingerprint density at radius 3 is 2.00 bits per heavy atom. The molecule has 37 heavy (non-hydrogen) atoms. The number of thiophene rings is 1. The minimum atomic E-state index is -5.08. The van der Waals surface area contributed by atoms with Crippen molar-refractivity contribution in [3.05, 3.63) is 52.5 Å². The summed E-state index contributed by atoms with van der Waals surface area (Å²) >= 11 is 1.82. The maximum absolute atomic E-state index is 12.5. The number of carboxylic acids is 2. The Balaban J connectivity index is 0.000000286. The number of aromatic nitrogens is 1. The second-order valence-electron chi connectivity index (χ2n) is 7.99. The molecule has 2 saturated heterocycles. The van der Waals surface area contributed by atoms with E-state index in [0.29, 0.717) is 24.4 Å². The predicted octanol–water partition coefficient (Wildman–Crippen LogP) is 4.18. The molecular weight excluding hydrogens is 532 g/mol. The van der Waals surface area contributed by atoms with Gasteiger partial charge in [-0.05, 0) is 42.0 Å². The molecule has 4 rings (SSSR count). The predicted molar refractivity (Wildman–Crippen MR) is 118 cm³/mol. The summed E-state index contributed by atoms with van der Waals surface area (Å²) in [6.07, 6.45) is -3.79. The number of carbonyl (C=O) groups excluding carboxylic acids is 1. The van der Waals surface area contributed by atoms with Gasteiger partial charge in [-0.25, -0.2) is 9.59 Å². The van der Waals surface area contributed by atoms with E-state index < -0.39 is 24.3 Å². The number of halogens is 6. The van der Waals surface area contributed by atoms with Crippen LogP contribution in [0.2, 0.25) is 0 Å². The number of fused-ring (bicyclic) bond motifs is 1. The fraction of sp³-hybridized carbons (Fsp3) is 0.455. The maximum atomic E-state index is 12.5. The lowest BCUT2D eigenvalue weighted by atomic mass is 9.95. The zero-order valence-electron chi connectivity index (χ0n) is 19.1. The van der Waals surface area contributed by atoms with Crippen LogP contribution in [0.25, 0.3) is 0 Å². The highest BCUT2D eigenvalue weighted by atomic mass is 32.1. The second kappa shape index (κ2) is 12.9. The summed E-state index contributed by atoms with van der Waals surface area (Å²) in [5.41, 5.74) is 1.17. The quantitative estimate of drug-likeness (QED) is 0.545. The number of pyridine rings is 1. The van der Waals surface area contributed by atoms with E-state index in [4.69, 9.17) is 19.8 Å². The first kappa shape index (κ1) is 30.0. The third-order valence-electron chi connectivity index (χ3n) is 5.53. The number of alkyl halides is 6. The largest absolute Gasteiger partial charge is 0.490 e. The fourth-order valence-electron chi connectivity index (χ4n) is 3.93. The molecule has 2 aliphatic heterocycles.